The van der Waals surface area contributed by atoms with E-state index < -0.39 is 5.97 Å². The third kappa shape index (κ3) is 4.05. The van der Waals surface area contributed by atoms with Crippen LogP contribution in [-0.4, -0.2) is 30.0 Å². The van der Waals surface area contributed by atoms with Crippen LogP contribution < -0.4 is 4.90 Å². The number of nitrogens with zero attached hydrogens (tertiary/aromatic N) is 2. The lowest BCUT2D eigenvalue weighted by molar-refractivity contribution is -0.121. The lowest BCUT2D eigenvalue weighted by Gasteiger charge is -2.20. The zero-order valence-electron chi connectivity index (χ0n) is 12.0. The average Bonchev–Trinajstić information content (AvgIpc) is 2.55. The number of anilines is 1. The molecule has 2 rings (SSSR count). The van der Waals surface area contributed by atoms with E-state index in [0.717, 1.165) is 5.69 Å². The van der Waals surface area contributed by atoms with Gasteiger partial charge in [-0.05, 0) is 31.2 Å². The molecule has 0 aliphatic rings. The number of aromatic nitrogens is 1. The van der Waals surface area contributed by atoms with Gasteiger partial charge in [0.1, 0.15) is 5.15 Å². The number of pyridine rings is 1. The van der Waals surface area contributed by atoms with Gasteiger partial charge in [-0.25, -0.2) is 9.78 Å². The molecular weight excluding hydrogens is 304 g/mol. The van der Waals surface area contributed by atoms with Crippen molar-refractivity contribution in [2.45, 2.75) is 6.92 Å². The minimum absolute atomic E-state index is 0.250. The summed E-state index contributed by atoms with van der Waals surface area (Å²) in [6.45, 7) is 2.02. The summed E-state index contributed by atoms with van der Waals surface area (Å²) in [6, 6.07) is 12.2. The maximum atomic E-state index is 12.2. The number of hydrogen-bond donors (Lipinski definition) is 0. The largest absolute Gasteiger partial charge is 0.452 e. The molecular formula is C16H15ClN2O3. The lowest BCUT2D eigenvalue weighted by atomic mass is 10.3. The number of ether oxygens (including phenoxy) is 1. The van der Waals surface area contributed by atoms with Crippen molar-refractivity contribution in [1.82, 2.24) is 4.98 Å². The van der Waals surface area contributed by atoms with E-state index in [-0.39, 0.29) is 23.2 Å². The van der Waals surface area contributed by atoms with Gasteiger partial charge in [0, 0.05) is 18.4 Å². The molecule has 0 atom stereocenters. The number of hydrogen-bond acceptors (Lipinski definition) is 4. The predicted octanol–water partition coefficient (Wildman–Crippen LogP) is 2.94. The van der Waals surface area contributed by atoms with E-state index in [4.69, 9.17) is 16.3 Å². The molecule has 0 spiro atoms. The highest BCUT2D eigenvalue weighted by Gasteiger charge is 2.16. The molecule has 1 aromatic heterocycles. The van der Waals surface area contributed by atoms with Crippen molar-refractivity contribution in [1.29, 1.82) is 0 Å². The van der Waals surface area contributed by atoms with Crippen LogP contribution in [0.25, 0.3) is 0 Å². The highest BCUT2D eigenvalue weighted by atomic mass is 35.5. The fourth-order valence-corrected chi connectivity index (χ4v) is 2.01. The van der Waals surface area contributed by atoms with Gasteiger partial charge >= 0.3 is 5.97 Å². The molecule has 2 aromatic rings. The van der Waals surface area contributed by atoms with Crippen LogP contribution in [0.4, 0.5) is 5.69 Å². The van der Waals surface area contributed by atoms with Crippen LogP contribution in [0.15, 0.2) is 48.7 Å². The Morgan fingerprint density at radius 3 is 2.50 bits per heavy atom. The van der Waals surface area contributed by atoms with E-state index >= 15 is 0 Å². The van der Waals surface area contributed by atoms with Crippen molar-refractivity contribution < 1.29 is 14.3 Å². The third-order valence-electron chi connectivity index (χ3n) is 2.97. The molecule has 0 aliphatic heterocycles. The van der Waals surface area contributed by atoms with Crippen molar-refractivity contribution in [2.75, 3.05) is 18.1 Å². The predicted molar refractivity (Wildman–Crippen MR) is 84.0 cm³/mol. The number of likely N-dealkylation sites (N-methyl/N-ethyl adjacent to an activating group) is 1. The first-order valence-corrected chi connectivity index (χ1v) is 7.13. The Kier molecular flexibility index (Phi) is 5.49. The standard InChI is InChI=1S/C16H15ClN2O3/c1-2-19(13-6-4-3-5-7-13)15(20)11-22-16(21)12-8-9-14(17)18-10-12/h3-10H,2,11H2,1H3. The summed E-state index contributed by atoms with van der Waals surface area (Å²) in [5.41, 5.74) is 1.01. The van der Waals surface area contributed by atoms with Crippen LogP contribution in [0.3, 0.4) is 0 Å². The van der Waals surface area contributed by atoms with Gasteiger partial charge in [0.05, 0.1) is 5.56 Å². The highest BCUT2D eigenvalue weighted by Crippen LogP contribution is 2.13. The Bertz CT molecular complexity index is 644. The van der Waals surface area contributed by atoms with Crippen LogP contribution in [0.1, 0.15) is 17.3 Å². The quantitative estimate of drug-likeness (QED) is 0.628. The minimum atomic E-state index is -0.610. The first kappa shape index (κ1) is 16.0. The topological polar surface area (TPSA) is 59.5 Å². The molecule has 0 fully saturated rings. The Hall–Kier alpha value is -2.40. The van der Waals surface area contributed by atoms with E-state index in [0.29, 0.717) is 6.54 Å². The SMILES string of the molecule is CCN(C(=O)COC(=O)c1ccc(Cl)nc1)c1ccccc1. The minimum Gasteiger partial charge on any atom is -0.452 e. The average molecular weight is 319 g/mol. The molecule has 0 N–H and O–H groups in total. The van der Waals surface area contributed by atoms with Crippen LogP contribution in [0.2, 0.25) is 5.15 Å². The number of para-hydroxylation sites is 1. The Labute approximate surface area is 133 Å². The normalized spacial score (nSPS) is 10.1. The van der Waals surface area contributed by atoms with Crippen LogP contribution in [0, 0.1) is 0 Å². The molecule has 0 saturated heterocycles. The van der Waals surface area contributed by atoms with Gasteiger partial charge in [-0.15, -0.1) is 0 Å². The lowest BCUT2D eigenvalue weighted by Crippen LogP contribution is -2.34. The first-order valence-electron chi connectivity index (χ1n) is 6.76. The molecule has 1 heterocycles. The van der Waals surface area contributed by atoms with Gasteiger partial charge in [-0.1, -0.05) is 29.8 Å². The van der Waals surface area contributed by atoms with Gasteiger partial charge in [0.2, 0.25) is 0 Å². The number of amides is 1. The van der Waals surface area contributed by atoms with Crippen LogP contribution in [0.5, 0.6) is 0 Å². The molecule has 0 saturated carbocycles. The van der Waals surface area contributed by atoms with Crippen molar-refractivity contribution in [2.24, 2.45) is 0 Å². The molecule has 5 nitrogen and oxygen atoms in total. The number of carbonyl (C=O) groups excluding carboxylic acids is 2. The number of carbonyl (C=O) groups is 2. The van der Waals surface area contributed by atoms with Gasteiger partial charge in [0.25, 0.3) is 5.91 Å². The summed E-state index contributed by atoms with van der Waals surface area (Å²) in [5, 5.41) is 0.286. The van der Waals surface area contributed by atoms with Crippen molar-refractivity contribution in [3.05, 3.63) is 59.4 Å². The molecule has 114 valence electrons. The van der Waals surface area contributed by atoms with E-state index in [2.05, 4.69) is 4.98 Å². The Balaban J connectivity index is 1.96. The zero-order chi connectivity index (χ0) is 15.9. The van der Waals surface area contributed by atoms with Crippen molar-refractivity contribution >= 4 is 29.2 Å². The summed E-state index contributed by atoms with van der Waals surface area (Å²) >= 11 is 5.65. The summed E-state index contributed by atoms with van der Waals surface area (Å²) < 4.78 is 5.02. The summed E-state index contributed by atoms with van der Waals surface area (Å²) in [7, 11) is 0. The van der Waals surface area contributed by atoms with E-state index in [1.165, 1.54) is 18.3 Å². The second-order valence-electron chi connectivity index (χ2n) is 4.42. The Morgan fingerprint density at radius 2 is 1.91 bits per heavy atom. The highest BCUT2D eigenvalue weighted by molar-refractivity contribution is 6.29. The number of rotatable bonds is 5. The maximum absolute atomic E-state index is 12.2. The second-order valence-corrected chi connectivity index (χ2v) is 4.81. The third-order valence-corrected chi connectivity index (χ3v) is 3.20. The number of halogens is 1. The second kappa shape index (κ2) is 7.56. The molecule has 0 radical (unpaired) electrons. The van der Waals surface area contributed by atoms with E-state index in [1.54, 1.807) is 4.90 Å². The fourth-order valence-electron chi connectivity index (χ4n) is 1.90. The monoisotopic (exact) mass is 318 g/mol. The molecule has 1 aromatic carbocycles. The smallest absolute Gasteiger partial charge is 0.340 e. The zero-order valence-corrected chi connectivity index (χ0v) is 12.8. The first-order chi connectivity index (χ1) is 10.6. The molecule has 0 aliphatic carbocycles. The molecule has 22 heavy (non-hydrogen) atoms. The summed E-state index contributed by atoms with van der Waals surface area (Å²) in [6.07, 6.45) is 1.31. The Morgan fingerprint density at radius 1 is 1.18 bits per heavy atom. The molecule has 1 amide bonds. The van der Waals surface area contributed by atoms with Crippen molar-refractivity contribution in [3.8, 4) is 0 Å². The van der Waals surface area contributed by atoms with Gasteiger partial charge < -0.3 is 9.64 Å². The summed E-state index contributed by atoms with van der Waals surface area (Å²) in [4.78, 5) is 29.4. The number of benzene rings is 1. The van der Waals surface area contributed by atoms with Crippen LogP contribution >= 0.6 is 11.6 Å². The van der Waals surface area contributed by atoms with Crippen molar-refractivity contribution in [3.63, 3.8) is 0 Å². The van der Waals surface area contributed by atoms with Gasteiger partial charge in [-0.2, -0.15) is 0 Å². The molecule has 0 unspecified atom stereocenters. The van der Waals surface area contributed by atoms with Gasteiger partial charge in [0.15, 0.2) is 6.61 Å². The fraction of sp³-hybridized carbons (Fsp3) is 0.188. The summed E-state index contributed by atoms with van der Waals surface area (Å²) in [5.74, 6) is -0.898. The maximum Gasteiger partial charge on any atom is 0.340 e. The molecule has 6 heteroatoms. The number of esters is 1. The molecule has 0 bridgehead atoms. The van der Waals surface area contributed by atoms with Gasteiger partial charge in [-0.3, -0.25) is 4.79 Å². The van der Waals surface area contributed by atoms with Crippen LogP contribution in [-0.2, 0) is 9.53 Å². The van der Waals surface area contributed by atoms with E-state index in [9.17, 15) is 9.59 Å². The van der Waals surface area contributed by atoms with E-state index in [1.807, 2.05) is 37.3 Å².